The summed E-state index contributed by atoms with van der Waals surface area (Å²) in [5, 5.41) is 11.4. The van der Waals surface area contributed by atoms with Crippen molar-refractivity contribution in [1.82, 2.24) is 5.32 Å². The predicted molar refractivity (Wildman–Crippen MR) is 74.5 cm³/mol. The second kappa shape index (κ2) is 7.13. The van der Waals surface area contributed by atoms with E-state index in [1.165, 1.54) is 12.2 Å². The zero-order valence-corrected chi connectivity index (χ0v) is 12.3. The Balaban J connectivity index is 2.57. The first-order valence-corrected chi connectivity index (χ1v) is 6.63. The number of halogens is 1. The summed E-state index contributed by atoms with van der Waals surface area (Å²) in [4.78, 5) is 22.4. The Morgan fingerprint density at radius 3 is 2.63 bits per heavy atom. The molecule has 1 amide bonds. The molecule has 6 heteroatoms. The molecule has 1 aromatic heterocycles. The first kappa shape index (κ1) is 15.5. The number of rotatable bonds is 6. The maximum Gasteiger partial charge on any atom is 0.305 e. The molecule has 0 aromatic carbocycles. The molecule has 2 N–H and O–H groups in total. The third kappa shape index (κ3) is 5.74. The lowest BCUT2D eigenvalue weighted by atomic mass is 10.0. The van der Waals surface area contributed by atoms with Gasteiger partial charge in [-0.3, -0.25) is 9.59 Å². The van der Waals surface area contributed by atoms with E-state index in [0.29, 0.717) is 10.4 Å². The minimum atomic E-state index is -0.932. The number of nitrogens with one attached hydrogen (secondary N) is 1. The van der Waals surface area contributed by atoms with Gasteiger partial charge in [-0.15, -0.1) is 0 Å². The van der Waals surface area contributed by atoms with Gasteiger partial charge in [0.05, 0.1) is 6.42 Å². The lowest BCUT2D eigenvalue weighted by Gasteiger charge is -2.19. The van der Waals surface area contributed by atoms with Crippen molar-refractivity contribution in [3.05, 3.63) is 28.6 Å². The van der Waals surface area contributed by atoms with Gasteiger partial charge in [0.15, 0.2) is 4.67 Å². The summed E-state index contributed by atoms with van der Waals surface area (Å²) in [6.07, 6.45) is 2.75. The first-order chi connectivity index (χ1) is 8.88. The number of amides is 1. The number of hydrogen-bond acceptors (Lipinski definition) is 3. The van der Waals surface area contributed by atoms with Crippen molar-refractivity contribution in [2.45, 2.75) is 26.3 Å². The molecule has 1 aromatic rings. The molecule has 1 unspecified atom stereocenters. The molecule has 1 atom stereocenters. The van der Waals surface area contributed by atoms with Crippen molar-refractivity contribution in [1.29, 1.82) is 0 Å². The maximum atomic E-state index is 11.7. The van der Waals surface area contributed by atoms with Gasteiger partial charge in [0.25, 0.3) is 0 Å². The van der Waals surface area contributed by atoms with Crippen LogP contribution in [0.3, 0.4) is 0 Å². The molecule has 0 aliphatic rings. The molecular formula is C13H16BrNO4. The van der Waals surface area contributed by atoms with Crippen LogP contribution in [0.25, 0.3) is 6.08 Å². The van der Waals surface area contributed by atoms with Gasteiger partial charge in [0, 0.05) is 12.1 Å². The van der Waals surface area contributed by atoms with Crippen molar-refractivity contribution >= 4 is 33.9 Å². The molecule has 5 nitrogen and oxygen atoms in total. The Labute approximate surface area is 119 Å². The zero-order valence-electron chi connectivity index (χ0n) is 10.7. The fourth-order valence-electron chi connectivity index (χ4n) is 1.45. The van der Waals surface area contributed by atoms with Gasteiger partial charge in [-0.05, 0) is 40.1 Å². The minimum absolute atomic E-state index is 0.0474. The van der Waals surface area contributed by atoms with E-state index >= 15 is 0 Å². The molecule has 1 rings (SSSR count). The largest absolute Gasteiger partial charge is 0.481 e. The number of carboxylic acids is 1. The summed E-state index contributed by atoms with van der Waals surface area (Å²) in [7, 11) is 0. The number of hydrogen-bond donors (Lipinski definition) is 2. The second-order valence-corrected chi connectivity index (χ2v) is 5.21. The van der Waals surface area contributed by atoms with Crippen molar-refractivity contribution in [2.75, 3.05) is 0 Å². The van der Waals surface area contributed by atoms with E-state index in [-0.39, 0.29) is 18.2 Å². The Morgan fingerprint density at radius 1 is 1.47 bits per heavy atom. The lowest BCUT2D eigenvalue weighted by Crippen LogP contribution is -2.39. The van der Waals surface area contributed by atoms with E-state index in [1.807, 2.05) is 13.8 Å². The maximum absolute atomic E-state index is 11.7. The Bertz CT molecular complexity index is 479. The number of furan rings is 1. The normalized spacial score (nSPS) is 12.8. The summed E-state index contributed by atoms with van der Waals surface area (Å²) in [5.74, 6) is -0.682. The van der Waals surface area contributed by atoms with Crippen molar-refractivity contribution in [3.63, 3.8) is 0 Å². The molecule has 104 valence electrons. The molecule has 0 aliphatic heterocycles. The summed E-state index contributed by atoms with van der Waals surface area (Å²) >= 11 is 3.16. The predicted octanol–water partition coefficient (Wildman–Crippen LogP) is 2.67. The van der Waals surface area contributed by atoms with Gasteiger partial charge in [-0.25, -0.2) is 0 Å². The van der Waals surface area contributed by atoms with Crippen LogP contribution in [0, 0.1) is 5.92 Å². The third-order valence-electron chi connectivity index (χ3n) is 2.52. The van der Waals surface area contributed by atoms with Crippen molar-refractivity contribution in [3.8, 4) is 0 Å². The molecule has 0 radical (unpaired) electrons. The monoisotopic (exact) mass is 329 g/mol. The van der Waals surface area contributed by atoms with Gasteiger partial charge in [0.2, 0.25) is 5.91 Å². The van der Waals surface area contributed by atoms with Crippen LogP contribution in [0.4, 0.5) is 0 Å². The van der Waals surface area contributed by atoms with Crippen LogP contribution in [0.5, 0.6) is 0 Å². The standard InChI is InChI=1S/C13H16BrNO4/c1-8(2)10(7-13(17)18)15-12(16)6-4-9-3-5-11(14)19-9/h3-6,8,10H,7H2,1-2H3,(H,15,16)(H,17,18)/b6-4+. The Morgan fingerprint density at radius 2 is 2.16 bits per heavy atom. The molecule has 0 fully saturated rings. The summed E-state index contributed by atoms with van der Waals surface area (Å²) in [6, 6.07) is 3.04. The summed E-state index contributed by atoms with van der Waals surface area (Å²) in [5.41, 5.74) is 0. The van der Waals surface area contributed by atoms with Gasteiger partial charge >= 0.3 is 5.97 Å². The van der Waals surface area contributed by atoms with Crippen LogP contribution < -0.4 is 5.32 Å². The number of carbonyl (C=O) groups is 2. The van der Waals surface area contributed by atoms with Gasteiger partial charge < -0.3 is 14.8 Å². The number of carboxylic acid groups (broad SMARTS) is 1. The zero-order chi connectivity index (χ0) is 14.4. The van der Waals surface area contributed by atoms with Crippen LogP contribution in [-0.2, 0) is 9.59 Å². The van der Waals surface area contributed by atoms with Crippen molar-refractivity contribution in [2.24, 2.45) is 5.92 Å². The van der Waals surface area contributed by atoms with E-state index < -0.39 is 12.0 Å². The summed E-state index contributed by atoms with van der Waals surface area (Å²) < 4.78 is 5.79. The smallest absolute Gasteiger partial charge is 0.305 e. The number of carbonyl (C=O) groups excluding carboxylic acids is 1. The van der Waals surface area contributed by atoms with Crippen LogP contribution in [0.2, 0.25) is 0 Å². The SMILES string of the molecule is CC(C)C(CC(=O)O)NC(=O)/C=C/c1ccc(Br)o1. The Hall–Kier alpha value is -1.56. The molecule has 19 heavy (non-hydrogen) atoms. The number of aliphatic carboxylic acids is 1. The highest BCUT2D eigenvalue weighted by Crippen LogP contribution is 2.15. The first-order valence-electron chi connectivity index (χ1n) is 5.84. The van der Waals surface area contributed by atoms with E-state index in [1.54, 1.807) is 12.1 Å². The van der Waals surface area contributed by atoms with E-state index in [2.05, 4.69) is 21.2 Å². The van der Waals surface area contributed by atoms with Crippen LogP contribution in [-0.4, -0.2) is 23.0 Å². The van der Waals surface area contributed by atoms with E-state index in [9.17, 15) is 9.59 Å². The highest BCUT2D eigenvalue weighted by Gasteiger charge is 2.18. The molecule has 0 spiro atoms. The molecule has 1 heterocycles. The average Bonchev–Trinajstić information content (AvgIpc) is 2.71. The summed E-state index contributed by atoms with van der Waals surface area (Å²) in [6.45, 7) is 3.72. The average molecular weight is 330 g/mol. The highest BCUT2D eigenvalue weighted by atomic mass is 79.9. The minimum Gasteiger partial charge on any atom is -0.481 e. The molecule has 0 aliphatic carbocycles. The van der Waals surface area contributed by atoms with Gasteiger partial charge in [0.1, 0.15) is 5.76 Å². The second-order valence-electron chi connectivity index (χ2n) is 4.43. The molecular weight excluding hydrogens is 314 g/mol. The van der Waals surface area contributed by atoms with Crippen LogP contribution >= 0.6 is 15.9 Å². The Kier molecular flexibility index (Phi) is 5.82. The third-order valence-corrected chi connectivity index (χ3v) is 2.95. The highest BCUT2D eigenvalue weighted by molar-refractivity contribution is 9.10. The topological polar surface area (TPSA) is 79.5 Å². The van der Waals surface area contributed by atoms with Crippen LogP contribution in [0.1, 0.15) is 26.0 Å². The van der Waals surface area contributed by atoms with Crippen LogP contribution in [0.15, 0.2) is 27.3 Å². The fraction of sp³-hybridized carbons (Fsp3) is 0.385. The van der Waals surface area contributed by atoms with Crippen molar-refractivity contribution < 1.29 is 19.1 Å². The van der Waals surface area contributed by atoms with Gasteiger partial charge in [-0.1, -0.05) is 13.8 Å². The van der Waals surface area contributed by atoms with E-state index in [4.69, 9.17) is 9.52 Å². The quantitative estimate of drug-likeness (QED) is 0.786. The molecule has 0 saturated heterocycles. The molecule has 0 bridgehead atoms. The lowest BCUT2D eigenvalue weighted by molar-refractivity contribution is -0.138. The molecule has 0 saturated carbocycles. The fourth-order valence-corrected chi connectivity index (χ4v) is 1.77. The van der Waals surface area contributed by atoms with Gasteiger partial charge in [-0.2, -0.15) is 0 Å². The van der Waals surface area contributed by atoms with E-state index in [0.717, 1.165) is 0 Å².